The molecule has 1 aliphatic heterocycles. The summed E-state index contributed by atoms with van der Waals surface area (Å²) in [5.41, 5.74) is 1.04. The van der Waals surface area contributed by atoms with E-state index in [0.29, 0.717) is 5.96 Å². The Morgan fingerprint density at radius 2 is 2.14 bits per heavy atom. The number of hydrogen-bond donors (Lipinski definition) is 2. The molecule has 0 aliphatic carbocycles. The molecule has 0 saturated carbocycles. The molecular formula is C16H25N5O. The van der Waals surface area contributed by atoms with Crippen molar-refractivity contribution in [2.24, 2.45) is 4.99 Å². The molecule has 22 heavy (non-hydrogen) atoms. The molecule has 1 aromatic heterocycles. The van der Waals surface area contributed by atoms with Gasteiger partial charge in [0.15, 0.2) is 5.96 Å². The van der Waals surface area contributed by atoms with Crippen molar-refractivity contribution >= 4 is 11.9 Å². The number of nitrogens with zero attached hydrogens (tertiary/aromatic N) is 3. The van der Waals surface area contributed by atoms with E-state index in [9.17, 15) is 4.79 Å². The lowest BCUT2D eigenvalue weighted by molar-refractivity contribution is -0.128. The average molecular weight is 303 g/mol. The van der Waals surface area contributed by atoms with Crippen LogP contribution in [0.4, 0.5) is 0 Å². The Morgan fingerprint density at radius 3 is 2.82 bits per heavy atom. The molecule has 1 saturated heterocycles. The zero-order chi connectivity index (χ0) is 15.6. The number of hydrogen-bond acceptors (Lipinski definition) is 3. The van der Waals surface area contributed by atoms with E-state index in [4.69, 9.17) is 0 Å². The number of amides is 1. The Kier molecular flexibility index (Phi) is 6.67. The quantitative estimate of drug-likeness (QED) is 0.602. The molecule has 1 fully saturated rings. The van der Waals surface area contributed by atoms with Crippen molar-refractivity contribution in [2.45, 2.75) is 26.2 Å². The van der Waals surface area contributed by atoms with E-state index < -0.39 is 0 Å². The van der Waals surface area contributed by atoms with Crippen molar-refractivity contribution in [3.63, 3.8) is 0 Å². The minimum atomic E-state index is 0.111. The van der Waals surface area contributed by atoms with Gasteiger partial charge in [0.1, 0.15) is 6.54 Å². The van der Waals surface area contributed by atoms with Crippen LogP contribution in [0.1, 0.15) is 25.5 Å². The normalized spacial score (nSPS) is 15.0. The summed E-state index contributed by atoms with van der Waals surface area (Å²) < 4.78 is 0. The Balaban J connectivity index is 1.78. The van der Waals surface area contributed by atoms with Crippen molar-refractivity contribution in [2.75, 3.05) is 32.7 Å². The van der Waals surface area contributed by atoms with Gasteiger partial charge in [0, 0.05) is 44.5 Å². The first-order valence-electron chi connectivity index (χ1n) is 7.99. The SMILES string of the molecule is CCNC(=NCC(=O)N1CCCC1)NCCc1ccccn1. The minimum Gasteiger partial charge on any atom is -0.357 e. The number of aliphatic imine (C=N–C) groups is 1. The summed E-state index contributed by atoms with van der Waals surface area (Å²) in [5, 5.41) is 6.41. The smallest absolute Gasteiger partial charge is 0.244 e. The third kappa shape index (κ3) is 5.35. The molecule has 0 spiro atoms. The lowest BCUT2D eigenvalue weighted by atomic mass is 10.3. The van der Waals surface area contributed by atoms with Crippen molar-refractivity contribution in [3.8, 4) is 0 Å². The number of rotatable bonds is 6. The number of carbonyl (C=O) groups is 1. The molecule has 120 valence electrons. The standard InChI is InChI=1S/C16H25N5O/c1-2-17-16(19-10-8-14-7-3-4-9-18-14)20-13-15(22)21-11-5-6-12-21/h3-4,7,9H,2,5-6,8,10-13H2,1H3,(H2,17,19,20). The summed E-state index contributed by atoms with van der Waals surface area (Å²) in [6.07, 6.45) is 4.84. The van der Waals surface area contributed by atoms with Crippen molar-refractivity contribution in [1.82, 2.24) is 20.5 Å². The predicted octanol–water partition coefficient (Wildman–Crippen LogP) is 0.802. The predicted molar refractivity (Wildman–Crippen MR) is 87.7 cm³/mol. The molecule has 6 nitrogen and oxygen atoms in total. The van der Waals surface area contributed by atoms with Gasteiger partial charge in [-0.3, -0.25) is 9.78 Å². The number of pyridine rings is 1. The summed E-state index contributed by atoms with van der Waals surface area (Å²) in [7, 11) is 0. The molecule has 0 bridgehead atoms. The van der Waals surface area contributed by atoms with Crippen molar-refractivity contribution < 1.29 is 4.79 Å². The highest BCUT2D eigenvalue weighted by molar-refractivity contribution is 5.85. The maximum Gasteiger partial charge on any atom is 0.244 e. The number of carbonyl (C=O) groups excluding carboxylic acids is 1. The Bertz CT molecular complexity index is 483. The molecule has 1 aromatic rings. The monoisotopic (exact) mass is 303 g/mol. The van der Waals surface area contributed by atoms with Gasteiger partial charge in [-0.05, 0) is 31.9 Å². The Labute approximate surface area is 132 Å². The van der Waals surface area contributed by atoms with E-state index in [1.54, 1.807) is 6.20 Å². The third-order valence-corrected chi connectivity index (χ3v) is 3.58. The topological polar surface area (TPSA) is 69.6 Å². The van der Waals surface area contributed by atoms with Crippen LogP contribution in [0, 0.1) is 0 Å². The number of aromatic nitrogens is 1. The third-order valence-electron chi connectivity index (χ3n) is 3.58. The highest BCUT2D eigenvalue weighted by Gasteiger charge is 2.17. The molecule has 2 rings (SSSR count). The van der Waals surface area contributed by atoms with Crippen molar-refractivity contribution in [1.29, 1.82) is 0 Å². The maximum atomic E-state index is 12.0. The maximum absolute atomic E-state index is 12.0. The van der Waals surface area contributed by atoms with Gasteiger partial charge < -0.3 is 15.5 Å². The van der Waals surface area contributed by atoms with E-state index in [-0.39, 0.29) is 12.5 Å². The van der Waals surface area contributed by atoms with Crippen LogP contribution in [0.5, 0.6) is 0 Å². The van der Waals surface area contributed by atoms with Crippen LogP contribution in [0.15, 0.2) is 29.4 Å². The van der Waals surface area contributed by atoms with E-state index in [1.807, 2.05) is 30.0 Å². The van der Waals surface area contributed by atoms with Gasteiger partial charge in [0.25, 0.3) is 0 Å². The highest BCUT2D eigenvalue weighted by Crippen LogP contribution is 2.07. The van der Waals surface area contributed by atoms with E-state index in [1.165, 1.54) is 0 Å². The van der Waals surface area contributed by atoms with Crippen LogP contribution >= 0.6 is 0 Å². The van der Waals surface area contributed by atoms with E-state index in [0.717, 1.165) is 51.1 Å². The lowest BCUT2D eigenvalue weighted by Gasteiger charge is -2.15. The number of guanidine groups is 1. The van der Waals surface area contributed by atoms with Gasteiger partial charge in [-0.1, -0.05) is 6.07 Å². The second-order valence-corrected chi connectivity index (χ2v) is 5.28. The van der Waals surface area contributed by atoms with Gasteiger partial charge >= 0.3 is 0 Å². The summed E-state index contributed by atoms with van der Waals surface area (Å²) in [6, 6.07) is 5.89. The molecule has 0 aromatic carbocycles. The molecule has 2 N–H and O–H groups in total. The molecule has 1 amide bonds. The molecule has 6 heteroatoms. The van der Waals surface area contributed by atoms with Gasteiger partial charge in [0.05, 0.1) is 0 Å². The fraction of sp³-hybridized carbons (Fsp3) is 0.562. The summed E-state index contributed by atoms with van der Waals surface area (Å²) in [5.74, 6) is 0.797. The molecule has 0 atom stereocenters. The number of likely N-dealkylation sites (tertiary alicyclic amines) is 1. The van der Waals surface area contributed by atoms with Crippen LogP contribution in [0.2, 0.25) is 0 Å². The molecule has 0 radical (unpaired) electrons. The van der Waals surface area contributed by atoms with Crippen LogP contribution < -0.4 is 10.6 Å². The first kappa shape index (κ1) is 16.3. The van der Waals surface area contributed by atoms with Crippen LogP contribution in [0.3, 0.4) is 0 Å². The summed E-state index contributed by atoms with van der Waals surface area (Å²) in [4.78, 5) is 22.6. The largest absolute Gasteiger partial charge is 0.357 e. The van der Waals surface area contributed by atoms with Gasteiger partial charge in [-0.2, -0.15) is 0 Å². The van der Waals surface area contributed by atoms with Crippen LogP contribution in [-0.2, 0) is 11.2 Å². The summed E-state index contributed by atoms with van der Waals surface area (Å²) in [6.45, 7) is 5.47. The first-order valence-corrected chi connectivity index (χ1v) is 7.99. The van der Waals surface area contributed by atoms with Crippen LogP contribution in [0.25, 0.3) is 0 Å². The van der Waals surface area contributed by atoms with Crippen LogP contribution in [-0.4, -0.2) is 54.5 Å². The lowest BCUT2D eigenvalue weighted by Crippen LogP contribution is -2.39. The average Bonchev–Trinajstić information content (AvgIpc) is 3.08. The van der Waals surface area contributed by atoms with Crippen molar-refractivity contribution in [3.05, 3.63) is 30.1 Å². The molecular weight excluding hydrogens is 278 g/mol. The molecule has 2 heterocycles. The van der Waals surface area contributed by atoms with Gasteiger partial charge in [-0.15, -0.1) is 0 Å². The number of nitrogens with one attached hydrogen (secondary N) is 2. The Hall–Kier alpha value is -2.11. The summed E-state index contributed by atoms with van der Waals surface area (Å²) >= 11 is 0. The first-order chi connectivity index (χ1) is 10.8. The second-order valence-electron chi connectivity index (χ2n) is 5.28. The highest BCUT2D eigenvalue weighted by atomic mass is 16.2. The zero-order valence-electron chi connectivity index (χ0n) is 13.2. The van der Waals surface area contributed by atoms with Gasteiger partial charge in [-0.25, -0.2) is 4.99 Å². The van der Waals surface area contributed by atoms with E-state index >= 15 is 0 Å². The van der Waals surface area contributed by atoms with Gasteiger partial charge in [0.2, 0.25) is 5.91 Å². The minimum absolute atomic E-state index is 0.111. The fourth-order valence-corrected chi connectivity index (χ4v) is 2.41. The van der Waals surface area contributed by atoms with E-state index in [2.05, 4.69) is 20.6 Å². The fourth-order valence-electron chi connectivity index (χ4n) is 2.41. The second kappa shape index (κ2) is 9.02. The zero-order valence-corrected chi connectivity index (χ0v) is 13.2. The molecule has 1 aliphatic rings. The molecule has 0 unspecified atom stereocenters. The Morgan fingerprint density at radius 1 is 1.32 bits per heavy atom.